The van der Waals surface area contributed by atoms with Crippen molar-refractivity contribution in [2.75, 3.05) is 0 Å². The quantitative estimate of drug-likeness (QED) is 0.0501. The molecule has 4 atom stereocenters. The molecule has 4 unspecified atom stereocenters. The predicted octanol–water partition coefficient (Wildman–Crippen LogP) is 9.95. The van der Waals surface area contributed by atoms with Gasteiger partial charge in [0.05, 0.1) is 37.6 Å². The van der Waals surface area contributed by atoms with Crippen molar-refractivity contribution in [2.45, 2.75) is 231 Å². The summed E-state index contributed by atoms with van der Waals surface area (Å²) in [6.45, 7) is 5.51. The molecular formula is C50H82BaO8. The molecule has 0 spiro atoms. The number of carbonyl (C=O) groups excluding carboxylic acids is 2. The summed E-state index contributed by atoms with van der Waals surface area (Å²) in [5.41, 5.74) is 2.31. The van der Waals surface area contributed by atoms with E-state index in [2.05, 4.69) is 38.1 Å². The molecule has 0 fully saturated rings. The summed E-state index contributed by atoms with van der Waals surface area (Å²) >= 11 is 0. The van der Waals surface area contributed by atoms with E-state index in [9.17, 15) is 30.0 Å². The first-order valence-corrected chi connectivity index (χ1v) is 23.3. The predicted molar refractivity (Wildman–Crippen MR) is 238 cm³/mol. The first-order chi connectivity index (χ1) is 28.3. The molecule has 0 aliphatic carbocycles. The van der Waals surface area contributed by atoms with Gasteiger partial charge in [-0.2, -0.15) is 0 Å². The normalized spacial score (nSPS) is 13.1. The maximum atomic E-state index is 10.7. The zero-order chi connectivity index (χ0) is 42.3. The Morgan fingerprint density at radius 2 is 0.746 bits per heavy atom. The van der Waals surface area contributed by atoms with Crippen LogP contribution in [0, 0.1) is 0 Å². The monoisotopic (exact) mass is 949 g/mol. The van der Waals surface area contributed by atoms with Gasteiger partial charge in [-0.3, -0.25) is 0 Å². The molecule has 8 nitrogen and oxygen atoms in total. The zero-order valence-corrected chi connectivity index (χ0v) is 41.8. The van der Waals surface area contributed by atoms with Crippen LogP contribution in [0.3, 0.4) is 0 Å². The standard InChI is InChI=1S/2C25H42O4.Ba/c2*1-2-3-11-19-24(29-21-22-16-12-10-13-17-22)23(26)18-14-8-6-4-5-7-9-15-20-25(27)28;/h2*10,12-13,16-17,23-24,26H,2-9,11,14-15,18-21H2,1H3,(H,27,28);/q;;+2/p-2. The first-order valence-electron chi connectivity index (χ1n) is 23.3. The number of carbonyl (C=O) groups is 2. The number of aliphatic hydroxyl groups is 2. The molecule has 2 aromatic carbocycles. The van der Waals surface area contributed by atoms with Crippen molar-refractivity contribution >= 4 is 60.8 Å². The molecule has 2 rings (SSSR count). The summed E-state index contributed by atoms with van der Waals surface area (Å²) in [5, 5.41) is 42.0. The van der Waals surface area contributed by atoms with Crippen LogP contribution in [0.1, 0.15) is 205 Å². The summed E-state index contributed by atoms with van der Waals surface area (Å²) < 4.78 is 12.2. The minimum absolute atomic E-state index is 0. The third-order valence-electron chi connectivity index (χ3n) is 10.9. The summed E-state index contributed by atoms with van der Waals surface area (Å²) in [5.74, 6) is -1.88. The summed E-state index contributed by atoms with van der Waals surface area (Å²) in [6, 6.07) is 20.3. The van der Waals surface area contributed by atoms with Gasteiger partial charge in [0, 0.05) is 11.9 Å². The van der Waals surface area contributed by atoms with Gasteiger partial charge in [-0.05, 0) is 62.5 Å². The molecule has 0 aliphatic rings. The molecule has 332 valence electrons. The van der Waals surface area contributed by atoms with E-state index in [-0.39, 0.29) is 86.1 Å². The van der Waals surface area contributed by atoms with Crippen molar-refractivity contribution in [1.29, 1.82) is 0 Å². The van der Waals surface area contributed by atoms with Gasteiger partial charge in [0.2, 0.25) is 0 Å². The Bertz CT molecular complexity index is 1110. The number of hydrogen-bond donors (Lipinski definition) is 2. The minimum Gasteiger partial charge on any atom is -0.550 e. The van der Waals surface area contributed by atoms with Crippen LogP contribution in [0.2, 0.25) is 0 Å². The molecule has 0 aliphatic heterocycles. The Labute approximate surface area is 400 Å². The van der Waals surface area contributed by atoms with Crippen molar-refractivity contribution in [3.8, 4) is 0 Å². The second-order valence-corrected chi connectivity index (χ2v) is 16.3. The molecule has 2 N–H and O–H groups in total. The van der Waals surface area contributed by atoms with Gasteiger partial charge in [-0.25, -0.2) is 0 Å². The van der Waals surface area contributed by atoms with E-state index in [4.69, 9.17) is 9.47 Å². The fraction of sp³-hybridized carbons (Fsp3) is 0.720. The van der Waals surface area contributed by atoms with Crippen LogP contribution in [0.15, 0.2) is 60.7 Å². The maximum Gasteiger partial charge on any atom is 2.00 e. The third kappa shape index (κ3) is 36.0. The van der Waals surface area contributed by atoms with Gasteiger partial charge in [0.25, 0.3) is 0 Å². The van der Waals surface area contributed by atoms with E-state index in [1.54, 1.807) is 0 Å². The fourth-order valence-electron chi connectivity index (χ4n) is 7.26. The second kappa shape index (κ2) is 42.1. The number of aliphatic hydroxyl groups excluding tert-OH is 2. The second-order valence-electron chi connectivity index (χ2n) is 16.3. The number of ether oxygens (including phenoxy) is 2. The van der Waals surface area contributed by atoms with Crippen LogP contribution in [0.25, 0.3) is 0 Å². The average Bonchev–Trinajstić information content (AvgIpc) is 3.22. The molecule has 0 heterocycles. The Kier molecular flexibility index (Phi) is 41.2. The van der Waals surface area contributed by atoms with Crippen LogP contribution in [0.4, 0.5) is 0 Å². The molecule has 0 saturated carbocycles. The average molecular weight is 949 g/mol. The third-order valence-corrected chi connectivity index (χ3v) is 10.9. The summed E-state index contributed by atoms with van der Waals surface area (Å²) in [4.78, 5) is 20.7. The van der Waals surface area contributed by atoms with E-state index < -0.39 is 11.9 Å². The van der Waals surface area contributed by atoms with Crippen molar-refractivity contribution < 1.29 is 39.5 Å². The van der Waals surface area contributed by atoms with Crippen LogP contribution in [-0.2, 0) is 32.3 Å². The Hall–Kier alpha value is -1.21. The fourth-order valence-corrected chi connectivity index (χ4v) is 7.26. The van der Waals surface area contributed by atoms with Crippen LogP contribution in [-0.4, -0.2) is 95.4 Å². The molecule has 9 heteroatoms. The SMILES string of the molecule is CCCCCC(OCc1ccccc1)C(O)CCCCCCCCCCC(=O)[O-].CCCCCC(OCc1ccccc1)C(O)CCCCCCCCCCC(=O)[O-].[Ba+2]. The number of rotatable bonds is 38. The molecule has 0 radical (unpaired) electrons. The molecule has 0 bridgehead atoms. The largest absolute Gasteiger partial charge is 2.00 e. The topological polar surface area (TPSA) is 139 Å². The van der Waals surface area contributed by atoms with Gasteiger partial charge in [0.15, 0.2) is 0 Å². The van der Waals surface area contributed by atoms with Gasteiger partial charge in [-0.1, -0.05) is 203 Å². The Balaban J connectivity index is 0.00000112. The van der Waals surface area contributed by atoms with Crippen LogP contribution < -0.4 is 10.2 Å². The smallest absolute Gasteiger partial charge is 0.550 e. The number of hydrogen-bond acceptors (Lipinski definition) is 8. The molecule has 59 heavy (non-hydrogen) atoms. The van der Waals surface area contributed by atoms with Crippen molar-refractivity contribution in [2.24, 2.45) is 0 Å². The number of aliphatic carboxylic acids is 2. The molecule has 2 aromatic rings. The van der Waals surface area contributed by atoms with Gasteiger partial charge >= 0.3 is 48.9 Å². The molecular weight excluding hydrogens is 866 g/mol. The minimum atomic E-state index is -0.940. The van der Waals surface area contributed by atoms with E-state index in [0.29, 0.717) is 13.2 Å². The first kappa shape index (κ1) is 57.8. The van der Waals surface area contributed by atoms with Crippen LogP contribution in [0.5, 0.6) is 0 Å². The molecule has 0 aromatic heterocycles. The molecule has 0 saturated heterocycles. The van der Waals surface area contributed by atoms with Crippen molar-refractivity contribution in [3.05, 3.63) is 71.8 Å². The summed E-state index contributed by atoms with van der Waals surface area (Å²) in [6.07, 6.45) is 26.8. The van der Waals surface area contributed by atoms with Crippen molar-refractivity contribution in [1.82, 2.24) is 0 Å². The number of carboxylic acids is 2. The van der Waals surface area contributed by atoms with Gasteiger partial charge in [0.1, 0.15) is 0 Å². The Morgan fingerprint density at radius 3 is 1.05 bits per heavy atom. The van der Waals surface area contributed by atoms with Crippen molar-refractivity contribution in [3.63, 3.8) is 0 Å². The van der Waals surface area contributed by atoms with Crippen LogP contribution >= 0.6 is 0 Å². The summed E-state index contributed by atoms with van der Waals surface area (Å²) in [7, 11) is 0. The molecule has 0 amide bonds. The maximum absolute atomic E-state index is 10.7. The van der Waals surface area contributed by atoms with E-state index in [0.717, 1.165) is 127 Å². The van der Waals surface area contributed by atoms with E-state index >= 15 is 0 Å². The Morgan fingerprint density at radius 1 is 0.458 bits per heavy atom. The van der Waals surface area contributed by atoms with Gasteiger partial charge in [-0.15, -0.1) is 0 Å². The van der Waals surface area contributed by atoms with Gasteiger partial charge < -0.3 is 39.5 Å². The number of benzene rings is 2. The number of carboxylic acid groups (broad SMARTS) is 2. The zero-order valence-electron chi connectivity index (χ0n) is 37.3. The van der Waals surface area contributed by atoms with E-state index in [1.165, 1.54) is 51.4 Å². The number of unbranched alkanes of at least 4 members (excludes halogenated alkanes) is 18. The van der Waals surface area contributed by atoms with E-state index in [1.807, 2.05) is 36.4 Å².